The number of halogens is 2. The summed E-state index contributed by atoms with van der Waals surface area (Å²) in [4.78, 5) is 13.8. The molecule has 0 saturated carbocycles. The first-order valence-electron chi connectivity index (χ1n) is 8.03. The Hall–Kier alpha value is -1.53. The summed E-state index contributed by atoms with van der Waals surface area (Å²) in [5, 5.41) is 3.35. The Morgan fingerprint density at radius 3 is 2.61 bits per heavy atom. The number of rotatable bonds is 6. The van der Waals surface area contributed by atoms with E-state index in [2.05, 4.69) is 10.2 Å². The Labute approximate surface area is 135 Å². The minimum atomic E-state index is -0.815. The van der Waals surface area contributed by atoms with Gasteiger partial charge in [0.1, 0.15) is 6.04 Å². The molecule has 1 atom stereocenters. The van der Waals surface area contributed by atoms with Crippen molar-refractivity contribution in [1.29, 1.82) is 0 Å². The van der Waals surface area contributed by atoms with Gasteiger partial charge in [-0.2, -0.15) is 0 Å². The highest BCUT2D eigenvalue weighted by Crippen LogP contribution is 2.16. The van der Waals surface area contributed by atoms with Gasteiger partial charge in [-0.05, 0) is 50.0 Å². The van der Waals surface area contributed by atoms with Crippen LogP contribution in [0.25, 0.3) is 0 Å². The average Bonchev–Trinajstić information content (AvgIpc) is 2.57. The summed E-state index contributed by atoms with van der Waals surface area (Å²) in [7, 11) is 1.40. The SMILES string of the molecule is CCC(NC1CCN(Cc2ccc(F)c(F)c2)CC1)C(=O)OC. The second kappa shape index (κ2) is 8.36. The normalized spacial score (nSPS) is 17.9. The number of methoxy groups -OCH3 is 1. The number of carbonyl (C=O) groups is 1. The predicted molar refractivity (Wildman–Crippen MR) is 83.9 cm³/mol. The van der Waals surface area contributed by atoms with Crippen molar-refractivity contribution in [3.8, 4) is 0 Å². The summed E-state index contributed by atoms with van der Waals surface area (Å²) in [5.41, 5.74) is 0.774. The van der Waals surface area contributed by atoms with Crippen LogP contribution in [0.4, 0.5) is 8.78 Å². The molecule has 6 heteroatoms. The molecule has 0 bridgehead atoms. The molecule has 23 heavy (non-hydrogen) atoms. The topological polar surface area (TPSA) is 41.6 Å². The van der Waals surface area contributed by atoms with Gasteiger partial charge < -0.3 is 10.1 Å². The Kier molecular flexibility index (Phi) is 6.47. The largest absolute Gasteiger partial charge is 0.468 e. The van der Waals surface area contributed by atoms with Crippen LogP contribution in [-0.4, -0.2) is 43.2 Å². The fourth-order valence-electron chi connectivity index (χ4n) is 2.93. The van der Waals surface area contributed by atoms with E-state index in [1.807, 2.05) is 6.92 Å². The molecule has 1 aliphatic heterocycles. The number of benzene rings is 1. The molecule has 1 aliphatic rings. The molecule has 2 rings (SSSR count). The molecule has 0 aromatic heterocycles. The quantitative estimate of drug-likeness (QED) is 0.816. The zero-order chi connectivity index (χ0) is 16.8. The van der Waals surface area contributed by atoms with E-state index in [4.69, 9.17) is 4.74 Å². The average molecular weight is 326 g/mol. The highest BCUT2D eigenvalue weighted by atomic mass is 19.2. The molecule has 0 aliphatic carbocycles. The van der Waals surface area contributed by atoms with E-state index in [9.17, 15) is 13.6 Å². The fourth-order valence-corrected chi connectivity index (χ4v) is 2.93. The maximum atomic E-state index is 13.2. The highest BCUT2D eigenvalue weighted by Gasteiger charge is 2.24. The summed E-state index contributed by atoms with van der Waals surface area (Å²) in [6.45, 7) is 4.27. The summed E-state index contributed by atoms with van der Waals surface area (Å²) < 4.78 is 31.0. The van der Waals surface area contributed by atoms with Crippen LogP contribution in [0.1, 0.15) is 31.7 Å². The number of hydrogen-bond donors (Lipinski definition) is 1. The van der Waals surface area contributed by atoms with Gasteiger partial charge in [-0.25, -0.2) is 8.78 Å². The number of esters is 1. The lowest BCUT2D eigenvalue weighted by molar-refractivity contribution is -0.143. The lowest BCUT2D eigenvalue weighted by Crippen LogP contribution is -2.48. The van der Waals surface area contributed by atoms with Gasteiger partial charge in [0, 0.05) is 12.6 Å². The maximum Gasteiger partial charge on any atom is 0.322 e. The minimum absolute atomic E-state index is 0.225. The molecule has 1 unspecified atom stereocenters. The molecular weight excluding hydrogens is 302 g/mol. The Morgan fingerprint density at radius 1 is 1.35 bits per heavy atom. The predicted octanol–water partition coefficient (Wildman–Crippen LogP) is 2.47. The van der Waals surface area contributed by atoms with Gasteiger partial charge in [-0.3, -0.25) is 9.69 Å². The lowest BCUT2D eigenvalue weighted by Gasteiger charge is -2.34. The van der Waals surface area contributed by atoms with E-state index in [-0.39, 0.29) is 18.1 Å². The van der Waals surface area contributed by atoms with E-state index in [1.165, 1.54) is 19.2 Å². The van der Waals surface area contributed by atoms with Gasteiger partial charge >= 0.3 is 5.97 Å². The fraction of sp³-hybridized carbons (Fsp3) is 0.588. The van der Waals surface area contributed by atoms with E-state index < -0.39 is 11.6 Å². The molecule has 1 N–H and O–H groups in total. The van der Waals surface area contributed by atoms with Crippen LogP contribution in [0.3, 0.4) is 0 Å². The van der Waals surface area contributed by atoms with Crippen LogP contribution in [0.2, 0.25) is 0 Å². The number of likely N-dealkylation sites (tertiary alicyclic amines) is 1. The number of ether oxygens (including phenoxy) is 1. The van der Waals surface area contributed by atoms with Crippen molar-refractivity contribution in [2.24, 2.45) is 0 Å². The molecule has 0 spiro atoms. The van der Waals surface area contributed by atoms with Crippen molar-refractivity contribution in [2.45, 2.75) is 44.8 Å². The lowest BCUT2D eigenvalue weighted by atomic mass is 10.0. The van der Waals surface area contributed by atoms with Crippen LogP contribution < -0.4 is 5.32 Å². The summed E-state index contributed by atoms with van der Waals surface area (Å²) in [6, 6.07) is 4.06. The standard InChI is InChI=1S/C17H24F2N2O2/c1-3-16(17(22)23-2)20-13-6-8-21(9-7-13)11-12-4-5-14(18)15(19)10-12/h4-5,10,13,16,20H,3,6-9,11H2,1-2H3. The molecule has 0 radical (unpaired) electrons. The van der Waals surface area contributed by atoms with E-state index in [1.54, 1.807) is 6.07 Å². The van der Waals surface area contributed by atoms with Crippen LogP contribution in [0.5, 0.6) is 0 Å². The molecule has 1 heterocycles. The van der Waals surface area contributed by atoms with E-state index >= 15 is 0 Å². The molecule has 4 nitrogen and oxygen atoms in total. The Bertz CT molecular complexity index is 531. The number of nitrogens with zero attached hydrogens (tertiary/aromatic N) is 1. The van der Waals surface area contributed by atoms with E-state index in [0.717, 1.165) is 31.5 Å². The third-order valence-electron chi connectivity index (χ3n) is 4.31. The molecule has 1 fully saturated rings. The summed E-state index contributed by atoms with van der Waals surface area (Å²) in [6.07, 6.45) is 2.52. The molecule has 1 aromatic rings. The maximum absolute atomic E-state index is 13.2. The van der Waals surface area contributed by atoms with Crippen molar-refractivity contribution in [2.75, 3.05) is 20.2 Å². The highest BCUT2D eigenvalue weighted by molar-refractivity contribution is 5.75. The first-order valence-corrected chi connectivity index (χ1v) is 8.03. The van der Waals surface area contributed by atoms with Gasteiger partial charge in [0.2, 0.25) is 0 Å². The molecule has 1 aromatic carbocycles. The third-order valence-corrected chi connectivity index (χ3v) is 4.31. The number of carbonyl (C=O) groups excluding carboxylic acids is 1. The van der Waals surface area contributed by atoms with Crippen LogP contribution in [0, 0.1) is 11.6 Å². The molecule has 128 valence electrons. The molecule has 0 amide bonds. The van der Waals surface area contributed by atoms with Crippen LogP contribution in [0.15, 0.2) is 18.2 Å². The van der Waals surface area contributed by atoms with Gasteiger partial charge in [0.05, 0.1) is 7.11 Å². The van der Waals surface area contributed by atoms with Crippen molar-refractivity contribution >= 4 is 5.97 Å². The first-order chi connectivity index (χ1) is 11.0. The van der Waals surface area contributed by atoms with Gasteiger partial charge in [0.25, 0.3) is 0 Å². The minimum Gasteiger partial charge on any atom is -0.468 e. The molecule has 1 saturated heterocycles. The first kappa shape index (κ1) is 17.8. The van der Waals surface area contributed by atoms with Crippen LogP contribution in [-0.2, 0) is 16.1 Å². The Balaban J connectivity index is 1.81. The number of nitrogens with one attached hydrogen (secondary N) is 1. The summed E-state index contributed by atoms with van der Waals surface area (Å²) >= 11 is 0. The zero-order valence-corrected chi connectivity index (χ0v) is 13.6. The second-order valence-corrected chi connectivity index (χ2v) is 5.95. The van der Waals surface area contributed by atoms with Gasteiger partial charge in [-0.1, -0.05) is 13.0 Å². The number of piperidine rings is 1. The molecular formula is C17H24F2N2O2. The van der Waals surface area contributed by atoms with E-state index in [0.29, 0.717) is 13.0 Å². The zero-order valence-electron chi connectivity index (χ0n) is 13.6. The summed E-state index contributed by atoms with van der Waals surface area (Å²) in [5.74, 6) is -1.84. The smallest absolute Gasteiger partial charge is 0.322 e. The van der Waals surface area contributed by atoms with Crippen LogP contribution >= 0.6 is 0 Å². The second-order valence-electron chi connectivity index (χ2n) is 5.95. The van der Waals surface area contributed by atoms with Crippen molar-refractivity contribution in [3.63, 3.8) is 0 Å². The van der Waals surface area contributed by atoms with Crippen molar-refractivity contribution < 1.29 is 18.3 Å². The third kappa shape index (κ3) is 4.97. The monoisotopic (exact) mass is 326 g/mol. The van der Waals surface area contributed by atoms with Gasteiger partial charge in [-0.15, -0.1) is 0 Å². The number of hydrogen-bond acceptors (Lipinski definition) is 4. The van der Waals surface area contributed by atoms with Gasteiger partial charge in [0.15, 0.2) is 11.6 Å². The van der Waals surface area contributed by atoms with Crippen molar-refractivity contribution in [3.05, 3.63) is 35.4 Å². The van der Waals surface area contributed by atoms with Crippen molar-refractivity contribution in [1.82, 2.24) is 10.2 Å². The Morgan fingerprint density at radius 2 is 2.04 bits per heavy atom.